The smallest absolute Gasteiger partial charge is 0.0178 e. The van der Waals surface area contributed by atoms with Gasteiger partial charge in [-0.3, -0.25) is 0 Å². The molecule has 0 amide bonds. The largest absolute Gasteiger partial charge is 0.0622 e. The molecule has 0 heteroatoms. The predicted octanol–water partition coefficient (Wildman–Crippen LogP) is 6.07. The number of rotatable bonds is 2. The quantitative estimate of drug-likeness (QED) is 0.418. The first-order chi connectivity index (χ1) is 10.9. The van der Waals surface area contributed by atoms with Crippen LogP contribution in [0.5, 0.6) is 0 Å². The molecule has 0 aromatic rings. The van der Waals surface area contributed by atoms with Crippen LogP contribution in [0.4, 0.5) is 0 Å². The van der Waals surface area contributed by atoms with Crippen molar-refractivity contribution in [3.63, 3.8) is 0 Å². The first-order valence-electron chi connectivity index (χ1n) is 7.54. The Bertz CT molecular complexity index is 749. The second kappa shape index (κ2) is 5.50. The van der Waals surface area contributed by atoms with Crippen LogP contribution in [-0.4, -0.2) is 0 Å². The molecule has 0 spiro atoms. The van der Waals surface area contributed by atoms with Crippen molar-refractivity contribution in [3.05, 3.63) is 96.1 Å². The zero-order chi connectivity index (χ0) is 14.8. The fourth-order valence-corrected chi connectivity index (χ4v) is 2.86. The van der Waals surface area contributed by atoms with E-state index >= 15 is 0 Å². The van der Waals surface area contributed by atoms with E-state index in [1.165, 1.54) is 33.4 Å². The van der Waals surface area contributed by atoms with E-state index in [4.69, 9.17) is 0 Å². The molecule has 0 heterocycles. The first kappa shape index (κ1) is 12.8. The van der Waals surface area contributed by atoms with E-state index < -0.39 is 0 Å². The van der Waals surface area contributed by atoms with Gasteiger partial charge in [-0.2, -0.15) is 0 Å². The van der Waals surface area contributed by atoms with Crippen LogP contribution >= 0.6 is 0 Å². The number of hydrogen-bond acceptors (Lipinski definition) is 0. The lowest BCUT2D eigenvalue weighted by Crippen LogP contribution is -1.61. The molecule has 4 aliphatic rings. The molecule has 4 aliphatic carbocycles. The third kappa shape index (κ3) is 2.51. The van der Waals surface area contributed by atoms with Gasteiger partial charge in [-0.05, 0) is 57.6 Å². The Kier molecular flexibility index (Phi) is 3.21. The number of fused-ring (bicyclic) bond motifs is 2. The predicted molar refractivity (Wildman–Crippen MR) is 95.1 cm³/mol. The van der Waals surface area contributed by atoms with Crippen molar-refractivity contribution in [2.75, 3.05) is 0 Å². The van der Waals surface area contributed by atoms with Crippen LogP contribution in [0.25, 0.3) is 34.4 Å². The van der Waals surface area contributed by atoms with Gasteiger partial charge >= 0.3 is 0 Å². The van der Waals surface area contributed by atoms with E-state index in [9.17, 15) is 0 Å². The summed E-state index contributed by atoms with van der Waals surface area (Å²) in [5.41, 5.74) is 7.62. The summed E-state index contributed by atoms with van der Waals surface area (Å²) in [5, 5.41) is 0. The van der Waals surface area contributed by atoms with Gasteiger partial charge in [0, 0.05) is 0 Å². The lowest BCUT2D eigenvalue weighted by Gasteiger charge is -1.85. The summed E-state index contributed by atoms with van der Waals surface area (Å²) in [6.45, 7) is 0. The molecule has 0 N–H and O–H groups in total. The molecular weight excluding hydrogens is 264 g/mol. The van der Waals surface area contributed by atoms with Gasteiger partial charge in [-0.15, -0.1) is 0 Å². The van der Waals surface area contributed by atoms with E-state index in [1.807, 2.05) is 0 Å². The van der Waals surface area contributed by atoms with Crippen molar-refractivity contribution in [3.8, 4) is 22.3 Å². The third-order valence-corrected chi connectivity index (χ3v) is 3.97. The van der Waals surface area contributed by atoms with Crippen LogP contribution in [0.2, 0.25) is 0 Å². The summed E-state index contributed by atoms with van der Waals surface area (Å²) >= 11 is 0. The van der Waals surface area contributed by atoms with Gasteiger partial charge in [-0.1, -0.05) is 72.8 Å². The maximum absolute atomic E-state index is 2.23. The van der Waals surface area contributed by atoms with Crippen LogP contribution in [0, 0.1) is 0 Å². The molecule has 0 atom stereocenters. The second-order valence-corrected chi connectivity index (χ2v) is 5.55. The molecule has 0 unspecified atom stereocenters. The Labute approximate surface area is 131 Å². The molecule has 22 heavy (non-hydrogen) atoms. The van der Waals surface area contributed by atoms with Crippen LogP contribution in [0.1, 0.15) is 11.1 Å². The molecule has 0 aliphatic heterocycles. The normalized spacial score (nSPS) is 11.5. The first-order valence-corrected chi connectivity index (χ1v) is 7.54. The molecule has 0 fully saturated rings. The molecular formula is C22H16. The lowest BCUT2D eigenvalue weighted by atomic mass is 10.2. The summed E-state index contributed by atoms with van der Waals surface area (Å²) in [5.74, 6) is 0. The zero-order valence-electron chi connectivity index (χ0n) is 12.2. The average molecular weight is 280 g/mol. The molecule has 0 aromatic carbocycles. The van der Waals surface area contributed by atoms with E-state index in [1.54, 1.807) is 0 Å². The fourth-order valence-electron chi connectivity index (χ4n) is 2.86. The Morgan fingerprint density at radius 3 is 1.05 bits per heavy atom. The van der Waals surface area contributed by atoms with Gasteiger partial charge < -0.3 is 0 Å². The van der Waals surface area contributed by atoms with Crippen LogP contribution < -0.4 is 0 Å². The second-order valence-electron chi connectivity index (χ2n) is 5.55. The highest BCUT2D eigenvalue weighted by molar-refractivity contribution is 5.81. The maximum atomic E-state index is 2.23. The van der Waals surface area contributed by atoms with Gasteiger partial charge in [0.25, 0.3) is 0 Å². The molecule has 0 saturated heterocycles. The van der Waals surface area contributed by atoms with E-state index in [2.05, 4.69) is 97.1 Å². The molecule has 0 bridgehead atoms. The van der Waals surface area contributed by atoms with Gasteiger partial charge in [0.2, 0.25) is 0 Å². The van der Waals surface area contributed by atoms with E-state index in [-0.39, 0.29) is 0 Å². The minimum Gasteiger partial charge on any atom is -0.0622 e. The highest BCUT2D eigenvalue weighted by atomic mass is 14.1. The molecule has 0 nitrogen and oxygen atoms in total. The van der Waals surface area contributed by atoms with E-state index in [0.29, 0.717) is 0 Å². The van der Waals surface area contributed by atoms with Gasteiger partial charge in [-0.25, -0.2) is 0 Å². The topological polar surface area (TPSA) is 0 Å². The van der Waals surface area contributed by atoms with Gasteiger partial charge in [0.1, 0.15) is 0 Å². The van der Waals surface area contributed by atoms with E-state index in [0.717, 1.165) is 0 Å². The zero-order valence-corrected chi connectivity index (χ0v) is 12.2. The Hall–Kier alpha value is -2.86. The summed E-state index contributed by atoms with van der Waals surface area (Å²) in [7, 11) is 0. The minimum absolute atomic E-state index is 1.25. The molecule has 4 rings (SSSR count). The summed E-state index contributed by atoms with van der Waals surface area (Å²) in [4.78, 5) is 0. The minimum atomic E-state index is 1.25. The lowest BCUT2D eigenvalue weighted by molar-refractivity contribution is 1.82. The maximum Gasteiger partial charge on any atom is -0.0178 e. The van der Waals surface area contributed by atoms with Crippen molar-refractivity contribution in [2.45, 2.75) is 0 Å². The van der Waals surface area contributed by atoms with Crippen LogP contribution in [-0.2, 0) is 0 Å². The van der Waals surface area contributed by atoms with Crippen LogP contribution in [0.3, 0.4) is 0 Å². The van der Waals surface area contributed by atoms with Crippen molar-refractivity contribution in [2.24, 2.45) is 0 Å². The third-order valence-electron chi connectivity index (χ3n) is 3.97. The van der Waals surface area contributed by atoms with Crippen molar-refractivity contribution < 1.29 is 0 Å². The van der Waals surface area contributed by atoms with Crippen molar-refractivity contribution in [1.82, 2.24) is 0 Å². The monoisotopic (exact) mass is 280 g/mol. The average Bonchev–Trinajstić information content (AvgIpc) is 2.94. The highest BCUT2D eigenvalue weighted by Crippen LogP contribution is 2.28. The Morgan fingerprint density at radius 2 is 0.727 bits per heavy atom. The van der Waals surface area contributed by atoms with Crippen molar-refractivity contribution >= 4 is 12.2 Å². The molecule has 104 valence electrons. The fraction of sp³-hybridized carbons (Fsp3) is 0. The number of hydrogen-bond donors (Lipinski definition) is 0. The molecule has 0 saturated carbocycles. The summed E-state index contributed by atoms with van der Waals surface area (Å²) in [6, 6.07) is 30.0. The molecule has 0 radical (unpaired) electrons. The SMILES string of the molecule is C(=Cc1cc2cccccc-2c1)c1cc2cccccc-2c1. The Balaban J connectivity index is 1.68. The standard InChI is InChI=1S/C22H16/c1-3-7-19-13-17(14-20(19)8-4-1)11-12-18-15-21-9-5-2-6-10-22(21)16-18/h1-16H. The van der Waals surface area contributed by atoms with Gasteiger partial charge in [0.15, 0.2) is 0 Å². The summed E-state index contributed by atoms with van der Waals surface area (Å²) in [6.07, 6.45) is 4.38. The van der Waals surface area contributed by atoms with Crippen LogP contribution in [0.15, 0.2) is 84.9 Å². The highest BCUT2D eigenvalue weighted by Gasteiger charge is 2.04. The Morgan fingerprint density at radius 1 is 0.409 bits per heavy atom. The van der Waals surface area contributed by atoms with Crippen molar-refractivity contribution in [1.29, 1.82) is 0 Å². The summed E-state index contributed by atoms with van der Waals surface area (Å²) < 4.78 is 0. The van der Waals surface area contributed by atoms with Gasteiger partial charge in [0.05, 0.1) is 0 Å². The molecule has 0 aromatic heterocycles.